The predicted octanol–water partition coefficient (Wildman–Crippen LogP) is 4.34. The number of ether oxygens (including phenoxy) is 1. The second kappa shape index (κ2) is 8.63. The number of aromatic nitrogens is 4. The molecule has 7 nitrogen and oxygen atoms in total. The van der Waals surface area contributed by atoms with E-state index in [0.717, 1.165) is 33.3 Å². The molecule has 0 fully saturated rings. The van der Waals surface area contributed by atoms with Crippen molar-refractivity contribution in [3.8, 4) is 28.0 Å². The molecule has 1 N–H and O–H groups in total. The monoisotopic (exact) mass is 437 g/mol. The number of hydrogen-bond donors (Lipinski definition) is 1. The number of nitrogens with zero attached hydrogens (tertiary/aromatic N) is 4. The Bertz CT molecular complexity index is 1420. The van der Waals surface area contributed by atoms with Crippen LogP contribution in [-0.4, -0.2) is 32.4 Å². The van der Waals surface area contributed by atoms with Gasteiger partial charge in [0.05, 0.1) is 19.5 Å². The molecule has 0 saturated heterocycles. The van der Waals surface area contributed by atoms with E-state index in [4.69, 9.17) is 4.74 Å². The molecular formula is C26H23N5O2. The maximum atomic E-state index is 12.5. The maximum Gasteiger partial charge on any atom is 0.251 e. The van der Waals surface area contributed by atoms with Crippen LogP contribution in [0.5, 0.6) is 5.75 Å². The largest absolute Gasteiger partial charge is 0.494 e. The first-order valence-corrected chi connectivity index (χ1v) is 10.6. The molecule has 3 aromatic heterocycles. The number of fused-ring (bicyclic) bond motifs is 1. The Morgan fingerprint density at radius 2 is 1.73 bits per heavy atom. The zero-order chi connectivity index (χ0) is 22.8. The van der Waals surface area contributed by atoms with Crippen molar-refractivity contribution in [3.63, 3.8) is 0 Å². The Morgan fingerprint density at radius 1 is 0.939 bits per heavy atom. The SMILES string of the molecule is COc1cc(-c2cnn(C)c2)cn2ncc(-c3ccc(C(=O)NCc4ccccc4)cc3)c12. The van der Waals surface area contributed by atoms with Crippen LogP contribution < -0.4 is 10.1 Å². The highest BCUT2D eigenvalue weighted by Crippen LogP contribution is 2.34. The van der Waals surface area contributed by atoms with E-state index < -0.39 is 0 Å². The molecule has 0 atom stereocenters. The molecule has 1 amide bonds. The highest BCUT2D eigenvalue weighted by Gasteiger charge is 2.15. The normalized spacial score (nSPS) is 11.0. The number of benzene rings is 2. The third kappa shape index (κ3) is 4.08. The van der Waals surface area contributed by atoms with Crippen molar-refractivity contribution in [1.29, 1.82) is 0 Å². The summed E-state index contributed by atoms with van der Waals surface area (Å²) >= 11 is 0. The lowest BCUT2D eigenvalue weighted by Crippen LogP contribution is -2.22. The summed E-state index contributed by atoms with van der Waals surface area (Å²) in [4.78, 5) is 12.5. The molecule has 5 aromatic rings. The van der Waals surface area contributed by atoms with Gasteiger partial charge in [0.15, 0.2) is 0 Å². The van der Waals surface area contributed by atoms with Crippen molar-refractivity contribution < 1.29 is 9.53 Å². The van der Waals surface area contributed by atoms with Gasteiger partial charge in [-0.05, 0) is 29.3 Å². The smallest absolute Gasteiger partial charge is 0.251 e. The zero-order valence-electron chi connectivity index (χ0n) is 18.4. The number of nitrogens with one attached hydrogen (secondary N) is 1. The van der Waals surface area contributed by atoms with Crippen molar-refractivity contribution in [1.82, 2.24) is 24.7 Å². The first kappa shape index (κ1) is 20.5. The molecule has 33 heavy (non-hydrogen) atoms. The van der Waals surface area contributed by atoms with Crippen LogP contribution in [0.1, 0.15) is 15.9 Å². The lowest BCUT2D eigenvalue weighted by molar-refractivity contribution is 0.0951. The fourth-order valence-electron chi connectivity index (χ4n) is 3.86. The van der Waals surface area contributed by atoms with Gasteiger partial charge in [-0.15, -0.1) is 0 Å². The molecule has 0 aliphatic heterocycles. The number of pyridine rings is 1. The van der Waals surface area contributed by atoms with Crippen LogP contribution in [-0.2, 0) is 13.6 Å². The topological polar surface area (TPSA) is 73.5 Å². The molecule has 0 aliphatic rings. The first-order chi connectivity index (χ1) is 16.1. The van der Waals surface area contributed by atoms with Crippen molar-refractivity contribution in [2.75, 3.05) is 7.11 Å². The van der Waals surface area contributed by atoms with Crippen molar-refractivity contribution in [2.24, 2.45) is 7.05 Å². The highest BCUT2D eigenvalue weighted by atomic mass is 16.5. The molecule has 7 heteroatoms. The average molecular weight is 438 g/mol. The maximum absolute atomic E-state index is 12.5. The van der Waals surface area contributed by atoms with Crippen molar-refractivity contribution in [3.05, 3.63) is 96.6 Å². The molecule has 2 aromatic carbocycles. The summed E-state index contributed by atoms with van der Waals surface area (Å²) in [5, 5.41) is 11.8. The van der Waals surface area contributed by atoms with E-state index in [2.05, 4.69) is 15.5 Å². The van der Waals surface area contributed by atoms with Gasteiger partial charge in [0.2, 0.25) is 0 Å². The Balaban J connectivity index is 1.41. The minimum atomic E-state index is -0.107. The minimum Gasteiger partial charge on any atom is -0.494 e. The van der Waals surface area contributed by atoms with Gasteiger partial charge < -0.3 is 10.1 Å². The Morgan fingerprint density at radius 3 is 2.42 bits per heavy atom. The van der Waals surface area contributed by atoms with E-state index in [1.807, 2.05) is 97.0 Å². The van der Waals surface area contributed by atoms with Gasteiger partial charge in [-0.1, -0.05) is 42.5 Å². The summed E-state index contributed by atoms with van der Waals surface area (Å²) in [5.41, 5.74) is 6.38. The van der Waals surface area contributed by atoms with E-state index in [1.165, 1.54) is 0 Å². The third-order valence-corrected chi connectivity index (χ3v) is 5.59. The van der Waals surface area contributed by atoms with Gasteiger partial charge in [0.25, 0.3) is 5.91 Å². The van der Waals surface area contributed by atoms with E-state index in [0.29, 0.717) is 17.9 Å². The van der Waals surface area contributed by atoms with Gasteiger partial charge in [0.1, 0.15) is 11.3 Å². The lowest BCUT2D eigenvalue weighted by atomic mass is 10.0. The van der Waals surface area contributed by atoms with Crippen LogP contribution in [0.4, 0.5) is 0 Å². The highest BCUT2D eigenvalue weighted by molar-refractivity contribution is 5.95. The Kier molecular flexibility index (Phi) is 5.36. The van der Waals surface area contributed by atoms with Crippen LogP contribution in [0.2, 0.25) is 0 Å². The number of amides is 1. The summed E-state index contributed by atoms with van der Waals surface area (Å²) in [6.45, 7) is 0.492. The molecule has 3 heterocycles. The van der Waals surface area contributed by atoms with Crippen LogP contribution >= 0.6 is 0 Å². The average Bonchev–Trinajstić information content (AvgIpc) is 3.49. The fourth-order valence-corrected chi connectivity index (χ4v) is 3.86. The van der Waals surface area contributed by atoms with E-state index in [1.54, 1.807) is 11.8 Å². The van der Waals surface area contributed by atoms with Crippen LogP contribution in [0.15, 0.2) is 85.5 Å². The second-order valence-corrected chi connectivity index (χ2v) is 7.80. The van der Waals surface area contributed by atoms with Crippen LogP contribution in [0.25, 0.3) is 27.8 Å². The van der Waals surface area contributed by atoms with Gasteiger partial charge in [-0.25, -0.2) is 4.52 Å². The lowest BCUT2D eigenvalue weighted by Gasteiger charge is -2.09. The number of methoxy groups -OCH3 is 1. The summed E-state index contributed by atoms with van der Waals surface area (Å²) in [5.74, 6) is 0.609. The standard InChI is InChI=1S/C26H23N5O2/c1-30-16-22(14-28-30)21-12-24(33-2)25-23(15-29-31(25)17-21)19-8-10-20(11-9-19)26(32)27-13-18-6-4-3-5-7-18/h3-12,14-17H,13H2,1-2H3,(H,27,32). The summed E-state index contributed by atoms with van der Waals surface area (Å²) in [6.07, 6.45) is 7.54. The van der Waals surface area contributed by atoms with Crippen LogP contribution in [0.3, 0.4) is 0 Å². The number of hydrogen-bond acceptors (Lipinski definition) is 4. The fraction of sp³-hybridized carbons (Fsp3) is 0.115. The molecule has 0 aliphatic carbocycles. The summed E-state index contributed by atoms with van der Waals surface area (Å²) in [7, 11) is 3.54. The summed E-state index contributed by atoms with van der Waals surface area (Å²) in [6, 6.07) is 19.4. The molecule has 0 saturated carbocycles. The van der Waals surface area contributed by atoms with E-state index in [9.17, 15) is 4.79 Å². The molecule has 0 radical (unpaired) electrons. The molecule has 0 bridgehead atoms. The Labute approximate surface area is 191 Å². The molecule has 0 unspecified atom stereocenters. The quantitative estimate of drug-likeness (QED) is 0.429. The second-order valence-electron chi connectivity index (χ2n) is 7.80. The van der Waals surface area contributed by atoms with Crippen molar-refractivity contribution in [2.45, 2.75) is 6.54 Å². The molecular weight excluding hydrogens is 414 g/mol. The number of carbonyl (C=O) groups excluding carboxylic acids is 1. The minimum absolute atomic E-state index is 0.107. The van der Waals surface area contributed by atoms with Crippen molar-refractivity contribution >= 4 is 11.4 Å². The van der Waals surface area contributed by atoms with E-state index in [-0.39, 0.29) is 5.91 Å². The third-order valence-electron chi connectivity index (χ3n) is 5.59. The molecule has 164 valence electrons. The van der Waals surface area contributed by atoms with Gasteiger partial charge >= 0.3 is 0 Å². The van der Waals surface area contributed by atoms with Gasteiger partial charge in [-0.3, -0.25) is 9.48 Å². The number of carbonyl (C=O) groups is 1. The zero-order valence-corrected chi connectivity index (χ0v) is 18.4. The van der Waals surface area contributed by atoms with Gasteiger partial charge in [-0.2, -0.15) is 10.2 Å². The predicted molar refractivity (Wildman–Crippen MR) is 127 cm³/mol. The van der Waals surface area contributed by atoms with E-state index >= 15 is 0 Å². The number of aryl methyl sites for hydroxylation is 1. The summed E-state index contributed by atoms with van der Waals surface area (Å²) < 4.78 is 9.28. The van der Waals surface area contributed by atoms with Crippen LogP contribution in [0, 0.1) is 0 Å². The molecule has 5 rings (SSSR count). The first-order valence-electron chi connectivity index (χ1n) is 10.6. The number of rotatable bonds is 6. The van der Waals surface area contributed by atoms with Gasteiger partial charge in [0, 0.05) is 48.2 Å². The molecule has 0 spiro atoms. The Hall–Kier alpha value is -4.39.